The van der Waals surface area contributed by atoms with E-state index < -0.39 is 0 Å². The van der Waals surface area contributed by atoms with Crippen LogP contribution in [0.4, 0.5) is 0 Å². The van der Waals surface area contributed by atoms with Crippen LogP contribution in [0, 0.1) is 25.8 Å². The molecule has 0 aromatic heterocycles. The molecule has 6 aromatic rings. The average molecular weight is 793 g/mol. The van der Waals surface area contributed by atoms with Crippen LogP contribution in [0.25, 0.3) is 49.0 Å². The second kappa shape index (κ2) is 17.1. The number of thioether (sulfide) groups is 1. The van der Waals surface area contributed by atoms with E-state index in [0.29, 0.717) is 11.2 Å². The molecule has 2 aliphatic rings. The van der Waals surface area contributed by atoms with Gasteiger partial charge in [0.25, 0.3) is 0 Å². The summed E-state index contributed by atoms with van der Waals surface area (Å²) in [4.78, 5) is 1.33. The normalized spacial score (nSPS) is 14.7. The van der Waals surface area contributed by atoms with Crippen molar-refractivity contribution in [2.24, 2.45) is 5.92 Å². The van der Waals surface area contributed by atoms with E-state index in [1.807, 2.05) is 11.8 Å². The number of rotatable bonds is 3. The van der Waals surface area contributed by atoms with Crippen molar-refractivity contribution in [3.05, 3.63) is 154 Å². The van der Waals surface area contributed by atoms with E-state index in [2.05, 4.69) is 169 Å². The van der Waals surface area contributed by atoms with Crippen LogP contribution in [0.3, 0.4) is 0 Å². The molecule has 1 aliphatic carbocycles. The Balaban J connectivity index is 0.000000192. The molecule has 5 heteroatoms. The Labute approximate surface area is 324 Å². The number of benzene rings is 5. The minimum absolute atomic E-state index is 0. The van der Waals surface area contributed by atoms with Crippen LogP contribution in [-0.4, -0.2) is 10.7 Å². The van der Waals surface area contributed by atoms with E-state index in [0.717, 1.165) is 0 Å². The van der Waals surface area contributed by atoms with Crippen molar-refractivity contribution < 1.29 is 48.1 Å². The van der Waals surface area contributed by atoms with Gasteiger partial charge in [-0.2, -0.15) is 23.3 Å². The van der Waals surface area contributed by atoms with Crippen LogP contribution in [0.1, 0.15) is 37.5 Å². The molecule has 0 nitrogen and oxygen atoms in total. The van der Waals surface area contributed by atoms with Crippen LogP contribution in [0.15, 0.2) is 131 Å². The fourth-order valence-corrected chi connectivity index (χ4v) is 7.82. The fraction of sp³-hybridized carbons (Fsp3) is 0.205. The Morgan fingerprint density at radius 2 is 1.27 bits per heavy atom. The van der Waals surface area contributed by atoms with Gasteiger partial charge >= 0.3 is 41.9 Å². The van der Waals surface area contributed by atoms with E-state index in [9.17, 15) is 0 Å². The van der Waals surface area contributed by atoms with E-state index in [4.69, 9.17) is 0 Å². The van der Waals surface area contributed by atoms with Crippen LogP contribution >= 0.6 is 11.8 Å². The Morgan fingerprint density at radius 1 is 0.735 bits per heavy atom. The molecule has 0 amide bonds. The van der Waals surface area contributed by atoms with Crippen molar-refractivity contribution >= 4 is 55.1 Å². The number of allylic oxidation sites excluding steroid dienone is 4. The third-order valence-corrected chi connectivity index (χ3v) is 9.97. The molecule has 1 atom stereocenters. The molecule has 0 saturated heterocycles. The number of halogens is 2. The van der Waals surface area contributed by atoms with Crippen molar-refractivity contribution in [1.29, 1.82) is 0 Å². The molecule has 0 spiro atoms. The maximum Gasteiger partial charge on any atom is -0.0114 e. The van der Waals surface area contributed by atoms with Crippen LogP contribution in [-0.2, 0) is 23.3 Å². The van der Waals surface area contributed by atoms with E-state index in [1.165, 1.54) is 81.8 Å². The Kier molecular flexibility index (Phi) is 13.7. The molecule has 0 fully saturated rings. The number of hydrogen-bond donors (Lipinski definition) is 0. The van der Waals surface area contributed by atoms with Gasteiger partial charge in [0.05, 0.1) is 0 Å². The fourth-order valence-electron chi connectivity index (χ4n) is 6.62. The van der Waals surface area contributed by atoms with Crippen molar-refractivity contribution in [3.8, 4) is 11.1 Å². The summed E-state index contributed by atoms with van der Waals surface area (Å²) in [5.74, 6) is 0.537. The summed E-state index contributed by atoms with van der Waals surface area (Å²) in [6, 6.07) is 39.6. The van der Waals surface area contributed by atoms with E-state index in [-0.39, 0.29) is 30.2 Å². The maximum atomic E-state index is 3.61. The van der Waals surface area contributed by atoms with Gasteiger partial charge in [0.1, 0.15) is 0 Å². The Morgan fingerprint density at radius 3 is 1.88 bits per heavy atom. The molecule has 1 heterocycles. The summed E-state index contributed by atoms with van der Waals surface area (Å²) >= 11 is 3.69. The standard InChI is InChI=1S/C21H19S.C21H17.C2H6Si.2ClH.Zr/c1-13(2)16-11-19-20(12-16)22-14(3)21(19)18-10-6-8-15-7-4-5-9-17(15)18;1-14-12-20-15(2)10-11-19(21(20)13-14)18-9-5-7-16-6-3-4-8-17(16)18;1-3-2;;;/h4-11,13-14H,1-3H3;3-13H,1-2H3;1-2H3;2*1H;/q2*-1;;;;+2/p-2. The van der Waals surface area contributed by atoms with Crippen molar-refractivity contribution in [2.75, 3.05) is 0 Å². The molecular weight excluding hydrogens is 751 g/mol. The third-order valence-electron chi connectivity index (χ3n) is 8.82. The summed E-state index contributed by atoms with van der Waals surface area (Å²) in [7, 11) is 0. The largest absolute Gasteiger partial charge is 1.00 e. The first-order chi connectivity index (χ1) is 22.6. The van der Waals surface area contributed by atoms with Gasteiger partial charge in [-0.1, -0.05) is 130 Å². The molecule has 1 unspecified atom stereocenters. The minimum Gasteiger partial charge on any atom is -1.00 e. The van der Waals surface area contributed by atoms with Gasteiger partial charge in [-0.3, -0.25) is 0 Å². The van der Waals surface area contributed by atoms with Gasteiger partial charge < -0.3 is 24.8 Å². The predicted molar refractivity (Wildman–Crippen MR) is 207 cm³/mol. The zero-order valence-corrected chi connectivity index (χ0v) is 35.1. The zero-order chi connectivity index (χ0) is 33.2. The molecule has 0 radical (unpaired) electrons. The quantitative estimate of drug-likeness (QED) is 0.141. The minimum atomic E-state index is 0. The van der Waals surface area contributed by atoms with Gasteiger partial charge in [0.15, 0.2) is 0 Å². The Hall–Kier alpha value is -2.52. The molecular formula is C44H42Cl2SSiZr-2. The smallest absolute Gasteiger partial charge is 0.0114 e. The summed E-state index contributed by atoms with van der Waals surface area (Å²) in [6.07, 6.45) is 5.97. The van der Waals surface area contributed by atoms with E-state index in [1.54, 1.807) is 23.3 Å². The third kappa shape index (κ3) is 8.52. The zero-order valence-electron chi connectivity index (χ0n) is 29.3. The van der Waals surface area contributed by atoms with E-state index >= 15 is 0 Å². The molecule has 49 heavy (non-hydrogen) atoms. The molecule has 0 N–H and O–H groups in total. The van der Waals surface area contributed by atoms with Gasteiger partial charge in [-0.05, 0) is 45.5 Å². The molecule has 8 rings (SSSR count). The van der Waals surface area contributed by atoms with Crippen LogP contribution < -0.4 is 24.8 Å². The van der Waals surface area contributed by atoms with Gasteiger partial charge in [0.2, 0.25) is 0 Å². The van der Waals surface area contributed by atoms with Crippen molar-refractivity contribution in [1.82, 2.24) is 0 Å². The summed E-state index contributed by atoms with van der Waals surface area (Å²) < 4.78 is 0. The second-order valence-corrected chi connectivity index (χ2v) is 23.9. The van der Waals surface area contributed by atoms with Crippen molar-refractivity contribution in [3.63, 3.8) is 0 Å². The topological polar surface area (TPSA) is 0 Å². The van der Waals surface area contributed by atoms with Crippen LogP contribution in [0.5, 0.6) is 0 Å². The van der Waals surface area contributed by atoms with Crippen LogP contribution in [0.2, 0.25) is 13.1 Å². The number of hydrogen-bond acceptors (Lipinski definition) is 1. The van der Waals surface area contributed by atoms with Gasteiger partial charge in [0, 0.05) is 5.25 Å². The first kappa shape index (κ1) is 39.3. The molecule has 248 valence electrons. The monoisotopic (exact) mass is 790 g/mol. The van der Waals surface area contributed by atoms with Gasteiger partial charge in [-0.25, -0.2) is 6.08 Å². The summed E-state index contributed by atoms with van der Waals surface area (Å²) in [5.41, 5.74) is 11.1. The first-order valence-electron chi connectivity index (χ1n) is 16.5. The molecule has 0 saturated carbocycles. The molecule has 1 aliphatic heterocycles. The Bertz CT molecular complexity index is 2220. The molecule has 0 bridgehead atoms. The number of fused-ring (bicyclic) bond motifs is 4. The second-order valence-electron chi connectivity index (χ2n) is 13.1. The maximum absolute atomic E-state index is 3.61. The summed E-state index contributed by atoms with van der Waals surface area (Å²) in [5, 5.41) is 8.52. The first-order valence-corrected chi connectivity index (χ1v) is 23.6. The SMILES string of the molecule is CC(C)C1=CC2=C(c3cccc4ccccc34)C(C)SC2=[C-]1.C[Si](C)=[Zr+2].Cc1cc2c(-c3cccc4ccccc34)ccc(C)c2[cH-]1.[Cl-].[Cl-]. The summed E-state index contributed by atoms with van der Waals surface area (Å²) in [6.45, 7) is 15.8. The number of aryl methyl sites for hydroxylation is 2. The van der Waals surface area contributed by atoms with Gasteiger partial charge in [-0.15, -0.1) is 50.7 Å². The molecule has 6 aromatic carbocycles. The van der Waals surface area contributed by atoms with Crippen molar-refractivity contribution in [2.45, 2.75) is 53.0 Å². The predicted octanol–water partition coefficient (Wildman–Crippen LogP) is 6.80. The average Bonchev–Trinajstić information content (AvgIpc) is 3.73.